The lowest BCUT2D eigenvalue weighted by atomic mass is 10.2. The minimum absolute atomic E-state index is 0.0909. The third-order valence-corrected chi connectivity index (χ3v) is 4.03. The van der Waals surface area contributed by atoms with E-state index in [0.717, 1.165) is 15.7 Å². The zero-order chi connectivity index (χ0) is 17.2. The van der Waals surface area contributed by atoms with Gasteiger partial charge in [0.05, 0.1) is 5.69 Å². The number of rotatable bonds is 3. The van der Waals surface area contributed by atoms with Crippen molar-refractivity contribution in [1.29, 1.82) is 0 Å². The Labute approximate surface area is 150 Å². The Balaban J connectivity index is 1.77. The fourth-order valence-corrected chi connectivity index (χ4v) is 2.73. The van der Waals surface area contributed by atoms with Gasteiger partial charge < -0.3 is 4.52 Å². The first-order chi connectivity index (χ1) is 12.2. The van der Waals surface area contributed by atoms with Crippen LogP contribution in [-0.2, 0) is 0 Å². The van der Waals surface area contributed by atoms with E-state index in [4.69, 9.17) is 4.52 Å². The van der Waals surface area contributed by atoms with Crippen molar-refractivity contribution in [2.45, 2.75) is 0 Å². The number of hydrogen-bond donors (Lipinski definition) is 0. The Hall–Kier alpha value is -3.06. The second-order valence-electron chi connectivity index (χ2n) is 5.24. The molecule has 2 aromatic carbocycles. The summed E-state index contributed by atoms with van der Waals surface area (Å²) in [6.45, 7) is 0. The van der Waals surface area contributed by atoms with Crippen molar-refractivity contribution < 1.29 is 4.52 Å². The molecule has 0 bridgehead atoms. The summed E-state index contributed by atoms with van der Waals surface area (Å²) >= 11 is 3.42. The van der Waals surface area contributed by atoms with Gasteiger partial charge in [-0.15, -0.1) is 0 Å². The molecule has 122 valence electrons. The molecule has 25 heavy (non-hydrogen) atoms. The van der Waals surface area contributed by atoms with Gasteiger partial charge in [0.25, 0.3) is 5.89 Å². The molecule has 0 N–H and O–H groups in total. The Morgan fingerprint density at radius 1 is 1.00 bits per heavy atom. The molecule has 2 heterocycles. The molecular weight excluding hydrogens is 384 g/mol. The zero-order valence-corrected chi connectivity index (χ0v) is 14.4. The van der Waals surface area contributed by atoms with E-state index in [1.165, 1.54) is 6.07 Å². The van der Waals surface area contributed by atoms with E-state index in [0.29, 0.717) is 5.82 Å². The third-order valence-electron chi connectivity index (χ3n) is 3.54. The molecule has 0 saturated carbocycles. The van der Waals surface area contributed by atoms with Crippen LogP contribution in [0.4, 0.5) is 0 Å². The highest BCUT2D eigenvalue weighted by Gasteiger charge is 2.16. The Morgan fingerprint density at radius 3 is 2.64 bits per heavy atom. The number of hydrogen-bond acceptors (Lipinski definition) is 5. The summed E-state index contributed by atoms with van der Waals surface area (Å²) in [4.78, 5) is 16.5. The molecule has 4 rings (SSSR count). The van der Waals surface area contributed by atoms with Crippen LogP contribution in [0.2, 0.25) is 0 Å². The maximum absolute atomic E-state index is 12.2. The molecule has 0 aliphatic carbocycles. The highest BCUT2D eigenvalue weighted by atomic mass is 79.9. The van der Waals surface area contributed by atoms with Crippen molar-refractivity contribution in [3.63, 3.8) is 0 Å². The average molecular weight is 395 g/mol. The number of nitrogens with zero attached hydrogens (tertiary/aromatic N) is 4. The SMILES string of the molecule is O=c1ccn(-c2cccc(Br)c2)nc1-c1nc(-c2ccccc2)no1. The summed E-state index contributed by atoms with van der Waals surface area (Å²) in [5.41, 5.74) is 1.44. The van der Waals surface area contributed by atoms with E-state index in [9.17, 15) is 4.79 Å². The molecule has 6 nitrogen and oxygen atoms in total. The molecule has 7 heteroatoms. The van der Waals surface area contributed by atoms with E-state index in [-0.39, 0.29) is 17.0 Å². The lowest BCUT2D eigenvalue weighted by molar-refractivity contribution is 0.429. The van der Waals surface area contributed by atoms with E-state index in [2.05, 4.69) is 31.2 Å². The van der Waals surface area contributed by atoms with Crippen LogP contribution in [0.5, 0.6) is 0 Å². The van der Waals surface area contributed by atoms with Gasteiger partial charge in [-0.3, -0.25) is 4.79 Å². The largest absolute Gasteiger partial charge is 0.332 e. The third kappa shape index (κ3) is 3.14. The second-order valence-corrected chi connectivity index (χ2v) is 6.16. The zero-order valence-electron chi connectivity index (χ0n) is 12.8. The van der Waals surface area contributed by atoms with Crippen molar-refractivity contribution in [2.75, 3.05) is 0 Å². The van der Waals surface area contributed by atoms with Crippen LogP contribution in [-0.4, -0.2) is 19.9 Å². The van der Waals surface area contributed by atoms with Crippen LogP contribution >= 0.6 is 15.9 Å². The molecule has 4 aromatic rings. The Kier molecular flexibility index (Phi) is 3.99. The molecule has 0 saturated heterocycles. The molecule has 2 aromatic heterocycles. The van der Waals surface area contributed by atoms with Gasteiger partial charge in [0.15, 0.2) is 5.69 Å². The molecule has 0 spiro atoms. The highest BCUT2D eigenvalue weighted by molar-refractivity contribution is 9.10. The van der Waals surface area contributed by atoms with Crippen LogP contribution in [0, 0.1) is 0 Å². The first kappa shape index (κ1) is 15.5. The molecule has 0 radical (unpaired) electrons. The molecule has 0 atom stereocenters. The second kappa shape index (κ2) is 6.45. The van der Waals surface area contributed by atoms with E-state index in [1.54, 1.807) is 10.9 Å². The van der Waals surface area contributed by atoms with Crippen LogP contribution in [0.1, 0.15) is 0 Å². The van der Waals surface area contributed by atoms with Gasteiger partial charge in [0.1, 0.15) is 0 Å². The standard InChI is InChI=1S/C18H11BrN4O2/c19-13-7-4-8-14(11-13)23-10-9-15(24)16(21-23)18-20-17(22-25-18)12-5-2-1-3-6-12/h1-11H. The Bertz CT molecular complexity index is 1090. The van der Waals surface area contributed by atoms with Crippen molar-refractivity contribution >= 4 is 15.9 Å². The molecular formula is C18H11BrN4O2. The quantitative estimate of drug-likeness (QED) is 0.529. The molecule has 0 fully saturated rings. The van der Waals surface area contributed by atoms with Crippen LogP contribution in [0.15, 0.2) is 80.7 Å². The van der Waals surface area contributed by atoms with Crippen molar-refractivity contribution in [3.05, 3.63) is 81.6 Å². The van der Waals surface area contributed by atoms with Crippen LogP contribution in [0.3, 0.4) is 0 Å². The maximum atomic E-state index is 12.2. The normalized spacial score (nSPS) is 10.8. The van der Waals surface area contributed by atoms with E-state index in [1.807, 2.05) is 54.6 Å². The topological polar surface area (TPSA) is 73.8 Å². The van der Waals surface area contributed by atoms with Gasteiger partial charge in [0, 0.05) is 22.3 Å². The summed E-state index contributed by atoms with van der Waals surface area (Å²) in [6.07, 6.45) is 1.60. The van der Waals surface area contributed by atoms with Gasteiger partial charge in [-0.2, -0.15) is 10.1 Å². The predicted molar refractivity (Wildman–Crippen MR) is 96.3 cm³/mol. The lowest BCUT2D eigenvalue weighted by Crippen LogP contribution is -2.12. The van der Waals surface area contributed by atoms with Crippen molar-refractivity contribution in [3.8, 4) is 28.7 Å². The summed E-state index contributed by atoms with van der Waals surface area (Å²) in [7, 11) is 0. The van der Waals surface area contributed by atoms with Crippen molar-refractivity contribution in [1.82, 2.24) is 19.9 Å². The predicted octanol–water partition coefficient (Wildman–Crippen LogP) is 3.71. The van der Waals surface area contributed by atoms with Crippen LogP contribution < -0.4 is 5.43 Å². The molecule has 0 unspecified atom stereocenters. The van der Waals surface area contributed by atoms with E-state index < -0.39 is 0 Å². The summed E-state index contributed by atoms with van der Waals surface area (Å²) < 4.78 is 7.76. The first-order valence-corrected chi connectivity index (χ1v) is 8.25. The Morgan fingerprint density at radius 2 is 1.84 bits per heavy atom. The van der Waals surface area contributed by atoms with Gasteiger partial charge in [0.2, 0.25) is 11.3 Å². The van der Waals surface area contributed by atoms with Crippen LogP contribution in [0.25, 0.3) is 28.7 Å². The van der Waals surface area contributed by atoms with Crippen molar-refractivity contribution in [2.24, 2.45) is 0 Å². The summed E-state index contributed by atoms with van der Waals surface area (Å²) in [6, 6.07) is 18.4. The smallest absolute Gasteiger partial charge is 0.282 e. The highest BCUT2D eigenvalue weighted by Crippen LogP contribution is 2.19. The van der Waals surface area contributed by atoms with Gasteiger partial charge in [-0.1, -0.05) is 57.5 Å². The first-order valence-electron chi connectivity index (χ1n) is 7.46. The fraction of sp³-hybridized carbons (Fsp3) is 0. The number of benzene rings is 2. The van der Waals surface area contributed by atoms with Gasteiger partial charge in [-0.25, -0.2) is 4.68 Å². The number of aromatic nitrogens is 4. The summed E-state index contributed by atoms with van der Waals surface area (Å²) in [5.74, 6) is 0.503. The summed E-state index contributed by atoms with van der Waals surface area (Å²) in [5, 5.41) is 8.29. The van der Waals surface area contributed by atoms with Gasteiger partial charge in [-0.05, 0) is 18.2 Å². The average Bonchev–Trinajstić information content (AvgIpc) is 3.13. The fourth-order valence-electron chi connectivity index (χ4n) is 2.34. The molecule has 0 aliphatic rings. The lowest BCUT2D eigenvalue weighted by Gasteiger charge is -2.06. The van der Waals surface area contributed by atoms with E-state index >= 15 is 0 Å². The maximum Gasteiger partial charge on any atom is 0.282 e. The number of halogens is 1. The minimum Gasteiger partial charge on any atom is -0.332 e. The molecule has 0 amide bonds. The molecule has 0 aliphatic heterocycles. The minimum atomic E-state index is -0.283. The van der Waals surface area contributed by atoms with Gasteiger partial charge >= 0.3 is 0 Å². The monoisotopic (exact) mass is 394 g/mol.